The molecule has 4 nitrogen and oxygen atoms in total. The van der Waals surface area contributed by atoms with Crippen molar-refractivity contribution in [3.8, 4) is 0 Å². The molecule has 0 radical (unpaired) electrons. The zero-order valence-electron chi connectivity index (χ0n) is 14.6. The van der Waals surface area contributed by atoms with Crippen LogP contribution in [0.5, 0.6) is 0 Å². The maximum Gasteiger partial charge on any atom is 0.339 e. The summed E-state index contributed by atoms with van der Waals surface area (Å²) in [6, 6.07) is 12.9. The molecule has 0 saturated heterocycles. The number of hydrogen-bond donors (Lipinski definition) is 0. The van der Waals surface area contributed by atoms with Gasteiger partial charge >= 0.3 is 5.97 Å². The molecule has 0 atom stereocenters. The van der Waals surface area contributed by atoms with Crippen molar-refractivity contribution in [2.75, 3.05) is 6.61 Å². The van der Waals surface area contributed by atoms with Gasteiger partial charge in [-0.1, -0.05) is 37.3 Å². The molecule has 0 amide bonds. The maximum absolute atomic E-state index is 13.7. The summed E-state index contributed by atoms with van der Waals surface area (Å²) in [6.07, 6.45) is 0.672. The number of aromatic nitrogens is 1. The fraction of sp³-hybridized carbons (Fsp3) is 0.190. The average Bonchev–Trinajstić information content (AvgIpc) is 2.65. The highest BCUT2D eigenvalue weighted by Gasteiger charge is 2.20. The number of benzene rings is 2. The predicted octanol–water partition coefficient (Wildman–Crippen LogP) is 4.28. The summed E-state index contributed by atoms with van der Waals surface area (Å²) in [5.41, 5.74) is 2.53. The molecule has 3 rings (SSSR count). The molecule has 26 heavy (non-hydrogen) atoms. The zero-order chi connectivity index (χ0) is 18.7. The lowest BCUT2D eigenvalue weighted by atomic mass is 10.0. The van der Waals surface area contributed by atoms with Crippen LogP contribution in [0.1, 0.15) is 38.9 Å². The Bertz CT molecular complexity index is 998. The van der Waals surface area contributed by atoms with Crippen LogP contribution in [0.3, 0.4) is 0 Å². The van der Waals surface area contributed by atoms with Gasteiger partial charge in [0.25, 0.3) is 0 Å². The number of pyridine rings is 1. The van der Waals surface area contributed by atoms with E-state index in [1.165, 1.54) is 18.2 Å². The second-order valence-electron chi connectivity index (χ2n) is 5.91. The highest BCUT2D eigenvalue weighted by Crippen LogP contribution is 2.24. The smallest absolute Gasteiger partial charge is 0.339 e. The zero-order valence-corrected chi connectivity index (χ0v) is 14.6. The molecule has 0 bridgehead atoms. The number of Topliss-reactive ketones (excluding diaryl/α,β-unsaturated/α-hetero) is 1. The van der Waals surface area contributed by atoms with Crippen molar-refractivity contribution in [3.63, 3.8) is 0 Å². The number of ketones is 1. The SMILES string of the molecule is CCc1nc2ccccc2c(C(=O)OCC(=O)c2ccccc2F)c1C. The van der Waals surface area contributed by atoms with E-state index in [2.05, 4.69) is 4.98 Å². The first-order chi connectivity index (χ1) is 12.5. The third-order valence-electron chi connectivity index (χ3n) is 4.28. The molecule has 1 aromatic heterocycles. The number of halogens is 1. The standard InChI is InChI=1S/C21H18FNO3/c1-3-17-13(2)20(15-9-5-7-11-18(15)23-17)21(25)26-12-19(24)14-8-4-6-10-16(14)22/h4-11H,3,12H2,1-2H3. The lowest BCUT2D eigenvalue weighted by molar-refractivity contribution is 0.0474. The maximum atomic E-state index is 13.7. The summed E-state index contributed by atoms with van der Waals surface area (Å²) in [7, 11) is 0. The van der Waals surface area contributed by atoms with Gasteiger partial charge in [-0.3, -0.25) is 9.78 Å². The molecule has 0 saturated carbocycles. The van der Waals surface area contributed by atoms with Gasteiger partial charge in [0.1, 0.15) is 5.82 Å². The fourth-order valence-electron chi connectivity index (χ4n) is 2.93. The van der Waals surface area contributed by atoms with E-state index in [0.29, 0.717) is 22.9 Å². The number of para-hydroxylation sites is 1. The van der Waals surface area contributed by atoms with Crippen LogP contribution < -0.4 is 0 Å². The van der Waals surface area contributed by atoms with Crippen molar-refractivity contribution >= 4 is 22.7 Å². The summed E-state index contributed by atoms with van der Waals surface area (Å²) in [4.78, 5) is 29.4. The van der Waals surface area contributed by atoms with Crippen LogP contribution >= 0.6 is 0 Å². The number of esters is 1. The second kappa shape index (κ2) is 7.44. The summed E-state index contributed by atoms with van der Waals surface area (Å²) in [6.45, 7) is 3.26. The van der Waals surface area contributed by atoms with E-state index in [9.17, 15) is 14.0 Å². The lowest BCUT2D eigenvalue weighted by Crippen LogP contribution is -2.17. The quantitative estimate of drug-likeness (QED) is 0.508. The number of carbonyl (C=O) groups is 2. The molecular formula is C21H18FNO3. The van der Waals surface area contributed by atoms with Gasteiger partial charge in [0.05, 0.1) is 16.6 Å². The minimum atomic E-state index is -0.632. The van der Waals surface area contributed by atoms with Gasteiger partial charge in [-0.05, 0) is 37.1 Å². The van der Waals surface area contributed by atoms with E-state index in [4.69, 9.17) is 4.74 Å². The van der Waals surface area contributed by atoms with Gasteiger partial charge in [-0.15, -0.1) is 0 Å². The van der Waals surface area contributed by atoms with E-state index in [0.717, 1.165) is 11.3 Å². The van der Waals surface area contributed by atoms with Crippen molar-refractivity contribution in [2.45, 2.75) is 20.3 Å². The number of aryl methyl sites for hydroxylation is 1. The number of hydrogen-bond acceptors (Lipinski definition) is 4. The van der Waals surface area contributed by atoms with Crippen LogP contribution in [-0.2, 0) is 11.2 Å². The Morgan fingerprint density at radius 2 is 1.77 bits per heavy atom. The summed E-state index contributed by atoms with van der Waals surface area (Å²) in [5.74, 6) is -1.82. The highest BCUT2D eigenvalue weighted by molar-refractivity contribution is 6.06. The largest absolute Gasteiger partial charge is 0.454 e. The van der Waals surface area contributed by atoms with Crippen LogP contribution in [0.15, 0.2) is 48.5 Å². The number of carbonyl (C=O) groups excluding carboxylic acids is 2. The Hall–Kier alpha value is -3.08. The van der Waals surface area contributed by atoms with Crippen LogP contribution in [0.2, 0.25) is 0 Å². The van der Waals surface area contributed by atoms with Gasteiger partial charge in [-0.2, -0.15) is 0 Å². The predicted molar refractivity (Wildman–Crippen MR) is 96.9 cm³/mol. The van der Waals surface area contributed by atoms with Crippen LogP contribution in [-0.4, -0.2) is 23.3 Å². The lowest BCUT2D eigenvalue weighted by Gasteiger charge is -2.13. The molecule has 1 heterocycles. The van der Waals surface area contributed by atoms with Crippen LogP contribution in [0.25, 0.3) is 10.9 Å². The minimum Gasteiger partial charge on any atom is -0.454 e. The fourth-order valence-corrected chi connectivity index (χ4v) is 2.93. The number of fused-ring (bicyclic) bond motifs is 1. The van der Waals surface area contributed by atoms with E-state index in [1.807, 2.05) is 32.0 Å². The van der Waals surface area contributed by atoms with Crippen LogP contribution in [0, 0.1) is 12.7 Å². The molecule has 0 N–H and O–H groups in total. The first-order valence-electron chi connectivity index (χ1n) is 8.36. The first kappa shape index (κ1) is 17.7. The third-order valence-corrected chi connectivity index (χ3v) is 4.28. The molecular weight excluding hydrogens is 333 g/mol. The summed E-state index contributed by atoms with van der Waals surface area (Å²) < 4.78 is 18.9. The van der Waals surface area contributed by atoms with Crippen molar-refractivity contribution in [3.05, 3.63) is 76.7 Å². The monoisotopic (exact) mass is 351 g/mol. The Kier molecular flexibility index (Phi) is 5.07. The Balaban J connectivity index is 1.90. The van der Waals surface area contributed by atoms with Crippen molar-refractivity contribution in [1.82, 2.24) is 4.98 Å². The molecule has 5 heteroatoms. The molecule has 0 spiro atoms. The molecule has 0 aliphatic heterocycles. The third kappa shape index (κ3) is 3.33. The number of nitrogens with zero attached hydrogens (tertiary/aromatic N) is 1. The normalized spacial score (nSPS) is 10.7. The molecule has 132 valence electrons. The van der Waals surface area contributed by atoms with Crippen LogP contribution in [0.4, 0.5) is 4.39 Å². The molecule has 3 aromatic rings. The second-order valence-corrected chi connectivity index (χ2v) is 5.91. The Morgan fingerprint density at radius 1 is 1.08 bits per heavy atom. The topological polar surface area (TPSA) is 56.3 Å². The van der Waals surface area contributed by atoms with Gasteiger partial charge < -0.3 is 4.74 Å². The number of ether oxygens (including phenoxy) is 1. The van der Waals surface area contributed by atoms with Crippen molar-refractivity contribution < 1.29 is 18.7 Å². The van der Waals surface area contributed by atoms with Gasteiger partial charge in [0.15, 0.2) is 6.61 Å². The Morgan fingerprint density at radius 3 is 2.50 bits per heavy atom. The minimum absolute atomic E-state index is 0.0918. The van der Waals surface area contributed by atoms with Gasteiger partial charge in [0.2, 0.25) is 5.78 Å². The molecule has 2 aromatic carbocycles. The molecule has 0 fully saturated rings. The first-order valence-corrected chi connectivity index (χ1v) is 8.36. The average molecular weight is 351 g/mol. The van der Waals surface area contributed by atoms with Crippen molar-refractivity contribution in [1.29, 1.82) is 0 Å². The van der Waals surface area contributed by atoms with Gasteiger partial charge in [-0.25, -0.2) is 9.18 Å². The van der Waals surface area contributed by atoms with Gasteiger partial charge in [0, 0.05) is 11.1 Å². The molecule has 0 aliphatic carbocycles. The van der Waals surface area contributed by atoms with E-state index < -0.39 is 24.2 Å². The summed E-state index contributed by atoms with van der Waals surface area (Å²) >= 11 is 0. The van der Waals surface area contributed by atoms with E-state index in [-0.39, 0.29) is 5.56 Å². The highest BCUT2D eigenvalue weighted by atomic mass is 19.1. The van der Waals surface area contributed by atoms with E-state index >= 15 is 0 Å². The number of rotatable bonds is 5. The Labute approximate surface area is 150 Å². The summed E-state index contributed by atoms with van der Waals surface area (Å²) in [5, 5.41) is 0.672. The van der Waals surface area contributed by atoms with E-state index in [1.54, 1.807) is 12.1 Å². The molecule has 0 unspecified atom stereocenters. The van der Waals surface area contributed by atoms with Crippen molar-refractivity contribution in [2.24, 2.45) is 0 Å². The molecule has 0 aliphatic rings.